The summed E-state index contributed by atoms with van der Waals surface area (Å²) in [7, 11) is 0. The van der Waals surface area contributed by atoms with E-state index in [0.717, 1.165) is 38.0 Å². The van der Waals surface area contributed by atoms with E-state index in [1.54, 1.807) is 0 Å². The second-order valence-corrected chi connectivity index (χ2v) is 6.78. The Balaban J connectivity index is 2.32. The van der Waals surface area contributed by atoms with Crippen LogP contribution in [-0.4, -0.2) is 6.04 Å². The molecule has 0 aliphatic heterocycles. The smallest absolute Gasteiger partial charge is 0.130 e. The van der Waals surface area contributed by atoms with Crippen LogP contribution in [0.1, 0.15) is 18.1 Å². The van der Waals surface area contributed by atoms with Gasteiger partial charge in [0.15, 0.2) is 0 Å². The molecule has 0 saturated carbocycles. The van der Waals surface area contributed by atoms with Crippen molar-refractivity contribution in [2.24, 2.45) is 5.73 Å². The SMILES string of the molecule is Cc1cc(Br)ccc1Oc1ccc(Br)cc1CC(C)N. The average molecular weight is 399 g/mol. The Bertz CT molecular complexity index is 611. The fourth-order valence-electron chi connectivity index (χ4n) is 2.00. The van der Waals surface area contributed by atoms with Crippen LogP contribution in [0.3, 0.4) is 0 Å². The molecule has 2 aromatic rings. The Morgan fingerprint density at radius 1 is 1.05 bits per heavy atom. The van der Waals surface area contributed by atoms with Crippen LogP contribution in [0, 0.1) is 6.92 Å². The van der Waals surface area contributed by atoms with Crippen molar-refractivity contribution < 1.29 is 4.74 Å². The highest BCUT2D eigenvalue weighted by molar-refractivity contribution is 9.10. The highest BCUT2D eigenvalue weighted by Gasteiger charge is 2.09. The molecule has 0 heterocycles. The van der Waals surface area contributed by atoms with Gasteiger partial charge in [0.05, 0.1) is 0 Å². The van der Waals surface area contributed by atoms with Crippen LogP contribution in [0.5, 0.6) is 11.5 Å². The third-order valence-electron chi connectivity index (χ3n) is 2.92. The summed E-state index contributed by atoms with van der Waals surface area (Å²) in [6.45, 7) is 4.03. The molecule has 0 radical (unpaired) electrons. The van der Waals surface area contributed by atoms with Gasteiger partial charge < -0.3 is 10.5 Å². The zero-order valence-corrected chi connectivity index (χ0v) is 14.7. The maximum absolute atomic E-state index is 6.05. The second kappa shape index (κ2) is 6.74. The van der Waals surface area contributed by atoms with Gasteiger partial charge in [-0.1, -0.05) is 31.9 Å². The minimum atomic E-state index is 0.0951. The maximum atomic E-state index is 6.05. The van der Waals surface area contributed by atoms with E-state index in [2.05, 4.69) is 37.9 Å². The number of halogens is 2. The van der Waals surface area contributed by atoms with Crippen LogP contribution in [0.2, 0.25) is 0 Å². The van der Waals surface area contributed by atoms with Gasteiger partial charge in [0.25, 0.3) is 0 Å². The molecule has 4 heteroatoms. The normalized spacial score (nSPS) is 12.2. The van der Waals surface area contributed by atoms with Gasteiger partial charge in [-0.3, -0.25) is 0 Å². The molecule has 0 spiro atoms. The van der Waals surface area contributed by atoms with Crippen molar-refractivity contribution in [1.82, 2.24) is 0 Å². The number of rotatable bonds is 4. The summed E-state index contributed by atoms with van der Waals surface area (Å²) in [5.74, 6) is 1.72. The standard InChI is InChI=1S/C16H17Br2NO/c1-10-7-13(17)3-5-15(10)20-16-6-4-14(18)9-12(16)8-11(2)19/h3-7,9,11H,8,19H2,1-2H3. The van der Waals surface area contributed by atoms with Crippen LogP contribution in [-0.2, 0) is 6.42 Å². The first-order chi connectivity index (χ1) is 9.45. The summed E-state index contributed by atoms with van der Waals surface area (Å²) in [6, 6.07) is 12.1. The van der Waals surface area contributed by atoms with Crippen molar-refractivity contribution in [3.63, 3.8) is 0 Å². The van der Waals surface area contributed by atoms with Gasteiger partial charge >= 0.3 is 0 Å². The molecule has 0 fully saturated rings. The van der Waals surface area contributed by atoms with E-state index in [1.165, 1.54) is 0 Å². The number of aryl methyl sites for hydroxylation is 1. The van der Waals surface area contributed by atoms with Crippen LogP contribution in [0.15, 0.2) is 45.3 Å². The van der Waals surface area contributed by atoms with Crippen LogP contribution >= 0.6 is 31.9 Å². The molecule has 0 aliphatic rings. The van der Waals surface area contributed by atoms with Crippen molar-refractivity contribution in [1.29, 1.82) is 0 Å². The molecule has 0 aliphatic carbocycles. The van der Waals surface area contributed by atoms with Gasteiger partial charge in [0.2, 0.25) is 0 Å². The van der Waals surface area contributed by atoms with Crippen LogP contribution in [0.25, 0.3) is 0 Å². The second-order valence-electron chi connectivity index (χ2n) is 4.95. The van der Waals surface area contributed by atoms with E-state index in [-0.39, 0.29) is 6.04 Å². The molecule has 2 rings (SSSR count). The largest absolute Gasteiger partial charge is 0.457 e. The number of benzene rings is 2. The van der Waals surface area contributed by atoms with Crippen LogP contribution in [0.4, 0.5) is 0 Å². The van der Waals surface area contributed by atoms with Crippen molar-refractivity contribution in [3.8, 4) is 11.5 Å². The quantitative estimate of drug-likeness (QED) is 0.767. The summed E-state index contributed by atoms with van der Waals surface area (Å²) in [6.07, 6.45) is 0.782. The van der Waals surface area contributed by atoms with E-state index in [9.17, 15) is 0 Å². The number of hydrogen-bond acceptors (Lipinski definition) is 2. The van der Waals surface area contributed by atoms with E-state index in [1.807, 2.05) is 44.2 Å². The highest BCUT2D eigenvalue weighted by atomic mass is 79.9. The third kappa shape index (κ3) is 4.08. The summed E-state index contributed by atoms with van der Waals surface area (Å²) in [4.78, 5) is 0. The van der Waals surface area contributed by atoms with Gasteiger partial charge in [-0.2, -0.15) is 0 Å². The predicted octanol–water partition coefficient (Wildman–Crippen LogP) is 5.20. The molecular weight excluding hydrogens is 382 g/mol. The van der Waals surface area contributed by atoms with E-state index in [0.29, 0.717) is 0 Å². The molecule has 0 amide bonds. The number of hydrogen-bond donors (Lipinski definition) is 1. The molecule has 2 N–H and O–H groups in total. The van der Waals surface area contributed by atoms with E-state index in [4.69, 9.17) is 10.5 Å². The van der Waals surface area contributed by atoms with Crippen molar-refractivity contribution >= 4 is 31.9 Å². The Kier molecular flexibility index (Phi) is 5.24. The van der Waals surface area contributed by atoms with Crippen molar-refractivity contribution in [2.45, 2.75) is 26.3 Å². The zero-order valence-electron chi connectivity index (χ0n) is 11.5. The van der Waals surface area contributed by atoms with E-state index >= 15 is 0 Å². The zero-order chi connectivity index (χ0) is 14.7. The lowest BCUT2D eigenvalue weighted by atomic mass is 10.1. The molecule has 2 aromatic carbocycles. The highest BCUT2D eigenvalue weighted by Crippen LogP contribution is 2.31. The lowest BCUT2D eigenvalue weighted by molar-refractivity contribution is 0.470. The van der Waals surface area contributed by atoms with Gasteiger partial charge in [-0.15, -0.1) is 0 Å². The molecular formula is C16H17Br2NO. The molecule has 0 bridgehead atoms. The Morgan fingerprint density at radius 2 is 1.65 bits per heavy atom. The van der Waals surface area contributed by atoms with E-state index < -0.39 is 0 Å². The molecule has 20 heavy (non-hydrogen) atoms. The fraction of sp³-hybridized carbons (Fsp3) is 0.250. The van der Waals surface area contributed by atoms with Gasteiger partial charge in [0, 0.05) is 15.0 Å². The predicted molar refractivity (Wildman–Crippen MR) is 90.4 cm³/mol. The average Bonchev–Trinajstić information content (AvgIpc) is 2.34. The fourth-order valence-corrected chi connectivity index (χ4v) is 2.88. The third-order valence-corrected chi connectivity index (χ3v) is 3.91. The molecule has 1 unspecified atom stereocenters. The summed E-state index contributed by atoms with van der Waals surface area (Å²) >= 11 is 6.95. The Morgan fingerprint density at radius 3 is 2.25 bits per heavy atom. The molecule has 1 atom stereocenters. The molecule has 106 valence electrons. The summed E-state index contributed by atoms with van der Waals surface area (Å²) in [5, 5.41) is 0. The minimum Gasteiger partial charge on any atom is -0.457 e. The number of nitrogens with two attached hydrogens (primary N) is 1. The van der Waals surface area contributed by atoms with Gasteiger partial charge in [0.1, 0.15) is 11.5 Å². The minimum absolute atomic E-state index is 0.0951. The first-order valence-corrected chi connectivity index (χ1v) is 8.02. The summed E-state index contributed by atoms with van der Waals surface area (Å²) in [5.41, 5.74) is 8.11. The maximum Gasteiger partial charge on any atom is 0.130 e. The molecule has 2 nitrogen and oxygen atoms in total. The summed E-state index contributed by atoms with van der Waals surface area (Å²) < 4.78 is 8.14. The first-order valence-electron chi connectivity index (χ1n) is 6.43. The Labute approximate surface area is 136 Å². The lowest BCUT2D eigenvalue weighted by Gasteiger charge is -2.15. The van der Waals surface area contributed by atoms with Crippen molar-refractivity contribution in [3.05, 3.63) is 56.5 Å². The molecule has 0 aromatic heterocycles. The lowest BCUT2D eigenvalue weighted by Crippen LogP contribution is -2.18. The molecule has 0 saturated heterocycles. The first kappa shape index (κ1) is 15.5. The van der Waals surface area contributed by atoms with Gasteiger partial charge in [-0.25, -0.2) is 0 Å². The monoisotopic (exact) mass is 397 g/mol. The van der Waals surface area contributed by atoms with Gasteiger partial charge in [-0.05, 0) is 67.8 Å². The topological polar surface area (TPSA) is 35.2 Å². The van der Waals surface area contributed by atoms with Crippen LogP contribution < -0.4 is 10.5 Å². The Hall–Kier alpha value is -0.840. The number of ether oxygens (including phenoxy) is 1. The van der Waals surface area contributed by atoms with Crippen molar-refractivity contribution in [2.75, 3.05) is 0 Å².